The van der Waals surface area contributed by atoms with E-state index in [1.54, 1.807) is 12.4 Å². The number of nitrogens with zero attached hydrogens (tertiary/aromatic N) is 4. The first-order chi connectivity index (χ1) is 14.7. The minimum atomic E-state index is -4.52. The van der Waals surface area contributed by atoms with Crippen LogP contribution in [0.5, 0.6) is 0 Å². The minimum absolute atomic E-state index is 0.0178. The number of fused-ring (bicyclic) bond motifs is 3. The van der Waals surface area contributed by atoms with Gasteiger partial charge < -0.3 is 4.98 Å². The summed E-state index contributed by atoms with van der Waals surface area (Å²) in [5.41, 5.74) is 1.25. The van der Waals surface area contributed by atoms with Crippen LogP contribution in [0.15, 0.2) is 47.6 Å². The summed E-state index contributed by atoms with van der Waals surface area (Å²) in [7, 11) is -3.94. The molecule has 3 heterocycles. The number of rotatable bonds is 4. The molecule has 1 aromatic carbocycles. The SMILES string of the molecule is O=S(=O)(N[C@H]1CC[C@@H](c2nnc3cnc4[nH]ccc4n23)C1)c1ccc(C(F)(F)F)cc1. The summed E-state index contributed by atoms with van der Waals surface area (Å²) in [5.74, 6) is 0.717. The third-order valence-electron chi connectivity index (χ3n) is 5.58. The number of nitrogens with one attached hydrogen (secondary N) is 2. The number of sulfonamides is 1. The maximum Gasteiger partial charge on any atom is 0.416 e. The Labute approximate surface area is 174 Å². The molecule has 0 radical (unpaired) electrons. The van der Waals surface area contributed by atoms with E-state index in [1.165, 1.54) is 0 Å². The van der Waals surface area contributed by atoms with E-state index in [9.17, 15) is 21.6 Å². The highest BCUT2D eigenvalue weighted by Crippen LogP contribution is 2.35. The van der Waals surface area contributed by atoms with Gasteiger partial charge in [-0.1, -0.05) is 0 Å². The van der Waals surface area contributed by atoms with Crippen LogP contribution in [0.3, 0.4) is 0 Å². The Hall–Kier alpha value is -2.99. The van der Waals surface area contributed by atoms with Crippen molar-refractivity contribution in [3.8, 4) is 0 Å². The fourth-order valence-corrected chi connectivity index (χ4v) is 5.38. The first-order valence-corrected chi connectivity index (χ1v) is 11.1. The van der Waals surface area contributed by atoms with Gasteiger partial charge in [0.05, 0.1) is 22.2 Å². The van der Waals surface area contributed by atoms with Crippen molar-refractivity contribution in [3.63, 3.8) is 0 Å². The van der Waals surface area contributed by atoms with Gasteiger partial charge in [0.25, 0.3) is 0 Å². The second-order valence-electron chi connectivity index (χ2n) is 7.57. The molecular weight excluding hydrogens is 433 g/mol. The number of aromatic nitrogens is 5. The predicted molar refractivity (Wildman–Crippen MR) is 105 cm³/mol. The van der Waals surface area contributed by atoms with Gasteiger partial charge in [-0.3, -0.25) is 4.40 Å². The van der Waals surface area contributed by atoms with Crippen molar-refractivity contribution in [2.75, 3.05) is 0 Å². The number of benzene rings is 1. The first kappa shape index (κ1) is 19.9. The van der Waals surface area contributed by atoms with Crippen LogP contribution in [-0.2, 0) is 16.2 Å². The summed E-state index contributed by atoms with van der Waals surface area (Å²) < 4.78 is 68.0. The van der Waals surface area contributed by atoms with E-state index in [-0.39, 0.29) is 16.9 Å². The maximum atomic E-state index is 12.7. The monoisotopic (exact) mass is 450 g/mol. The van der Waals surface area contributed by atoms with Crippen LogP contribution >= 0.6 is 0 Å². The van der Waals surface area contributed by atoms with Gasteiger partial charge in [-0.2, -0.15) is 13.2 Å². The van der Waals surface area contributed by atoms with E-state index in [2.05, 4.69) is 24.9 Å². The molecular formula is C19H17F3N6O2S. The lowest BCUT2D eigenvalue weighted by atomic mass is 10.1. The van der Waals surface area contributed by atoms with E-state index in [4.69, 9.17) is 0 Å². The lowest BCUT2D eigenvalue weighted by Crippen LogP contribution is -2.33. The lowest BCUT2D eigenvalue weighted by molar-refractivity contribution is -0.137. The number of H-pyrrole nitrogens is 1. The summed E-state index contributed by atoms with van der Waals surface area (Å²) in [6.45, 7) is 0. The Kier molecular flexibility index (Phi) is 4.52. The van der Waals surface area contributed by atoms with Gasteiger partial charge in [-0.05, 0) is 49.6 Å². The second kappa shape index (κ2) is 7.02. The summed E-state index contributed by atoms with van der Waals surface area (Å²) in [6.07, 6.45) is 0.673. The van der Waals surface area contributed by atoms with E-state index >= 15 is 0 Å². The Bertz CT molecular complexity index is 1360. The molecule has 0 bridgehead atoms. The molecule has 0 amide bonds. The summed E-state index contributed by atoms with van der Waals surface area (Å²) >= 11 is 0. The molecule has 0 saturated heterocycles. The molecule has 1 fully saturated rings. The topological polar surface area (TPSA) is 105 Å². The molecule has 4 aromatic rings. The molecule has 2 atom stereocenters. The van der Waals surface area contributed by atoms with Gasteiger partial charge in [-0.25, -0.2) is 18.1 Å². The van der Waals surface area contributed by atoms with Crippen LogP contribution in [0, 0.1) is 0 Å². The third-order valence-corrected chi connectivity index (χ3v) is 7.11. The van der Waals surface area contributed by atoms with E-state index < -0.39 is 21.8 Å². The summed E-state index contributed by atoms with van der Waals surface area (Å²) in [6, 6.07) is 5.00. The fourth-order valence-electron chi connectivity index (χ4n) is 4.10. The second-order valence-corrected chi connectivity index (χ2v) is 9.29. The van der Waals surface area contributed by atoms with Crippen molar-refractivity contribution in [1.82, 2.24) is 29.3 Å². The number of halogens is 3. The standard InChI is InChI=1S/C19H17F3N6O2S/c20-19(21,22)12-2-5-14(6-3-12)31(29,30)27-13-4-1-11(9-13)18-26-25-16-10-24-17-15(28(16)18)7-8-23-17/h2-3,5-8,10-11,13,23,27H,1,4,9H2/t11-,13+/m1/s1. The zero-order valence-corrected chi connectivity index (χ0v) is 16.8. The number of hydrogen-bond donors (Lipinski definition) is 2. The largest absolute Gasteiger partial charge is 0.416 e. The smallest absolute Gasteiger partial charge is 0.345 e. The van der Waals surface area contributed by atoms with Crippen molar-refractivity contribution in [3.05, 3.63) is 54.1 Å². The number of aromatic amines is 1. The zero-order valence-electron chi connectivity index (χ0n) is 16.0. The molecule has 2 N–H and O–H groups in total. The minimum Gasteiger partial charge on any atom is -0.345 e. The van der Waals surface area contributed by atoms with Gasteiger partial charge in [0.15, 0.2) is 11.3 Å². The number of alkyl halides is 3. The van der Waals surface area contributed by atoms with Gasteiger partial charge in [0.2, 0.25) is 10.0 Å². The van der Waals surface area contributed by atoms with Gasteiger partial charge in [-0.15, -0.1) is 10.2 Å². The Morgan fingerprint density at radius 2 is 1.87 bits per heavy atom. The maximum absolute atomic E-state index is 12.7. The molecule has 0 spiro atoms. The highest BCUT2D eigenvalue weighted by atomic mass is 32.2. The Balaban J connectivity index is 1.35. The highest BCUT2D eigenvalue weighted by Gasteiger charge is 2.34. The Morgan fingerprint density at radius 1 is 1.10 bits per heavy atom. The molecule has 1 saturated carbocycles. The van der Waals surface area contributed by atoms with Crippen molar-refractivity contribution >= 4 is 26.8 Å². The molecule has 31 heavy (non-hydrogen) atoms. The van der Waals surface area contributed by atoms with Crippen LogP contribution in [0.4, 0.5) is 13.2 Å². The molecule has 5 rings (SSSR count). The molecule has 0 unspecified atom stereocenters. The van der Waals surface area contributed by atoms with Crippen LogP contribution in [0.1, 0.15) is 36.6 Å². The normalized spacial score (nSPS) is 20.1. The lowest BCUT2D eigenvalue weighted by Gasteiger charge is -2.14. The first-order valence-electron chi connectivity index (χ1n) is 9.59. The molecule has 162 valence electrons. The third kappa shape index (κ3) is 3.55. The van der Waals surface area contributed by atoms with E-state index in [0.717, 1.165) is 35.6 Å². The zero-order chi connectivity index (χ0) is 21.8. The Morgan fingerprint density at radius 3 is 2.61 bits per heavy atom. The van der Waals surface area contributed by atoms with Crippen LogP contribution in [0.2, 0.25) is 0 Å². The average Bonchev–Trinajstić information content (AvgIpc) is 3.45. The highest BCUT2D eigenvalue weighted by molar-refractivity contribution is 7.89. The molecule has 3 aromatic heterocycles. The number of hydrogen-bond acceptors (Lipinski definition) is 5. The van der Waals surface area contributed by atoms with Gasteiger partial charge >= 0.3 is 6.18 Å². The van der Waals surface area contributed by atoms with Crippen molar-refractivity contribution in [1.29, 1.82) is 0 Å². The van der Waals surface area contributed by atoms with Crippen molar-refractivity contribution < 1.29 is 21.6 Å². The molecule has 12 heteroatoms. The van der Waals surface area contributed by atoms with Crippen LogP contribution < -0.4 is 4.72 Å². The van der Waals surface area contributed by atoms with Gasteiger partial charge in [0.1, 0.15) is 5.82 Å². The van der Waals surface area contributed by atoms with Crippen molar-refractivity contribution in [2.24, 2.45) is 0 Å². The van der Waals surface area contributed by atoms with Gasteiger partial charge in [0, 0.05) is 18.2 Å². The van der Waals surface area contributed by atoms with Crippen LogP contribution in [0.25, 0.3) is 16.8 Å². The molecule has 8 nitrogen and oxygen atoms in total. The van der Waals surface area contributed by atoms with Crippen LogP contribution in [-0.4, -0.2) is 39.0 Å². The van der Waals surface area contributed by atoms with E-state index in [0.29, 0.717) is 30.6 Å². The summed E-state index contributed by atoms with van der Waals surface area (Å²) in [4.78, 5) is 7.13. The van der Waals surface area contributed by atoms with Crippen molar-refractivity contribution in [2.45, 2.75) is 42.3 Å². The molecule has 0 aliphatic heterocycles. The predicted octanol–water partition coefficient (Wildman–Crippen LogP) is 3.24. The average molecular weight is 450 g/mol. The van der Waals surface area contributed by atoms with E-state index in [1.807, 2.05) is 10.5 Å². The fraction of sp³-hybridized carbons (Fsp3) is 0.316. The quantitative estimate of drug-likeness (QED) is 0.497. The summed E-state index contributed by atoms with van der Waals surface area (Å²) in [5, 5.41) is 8.48. The molecule has 1 aliphatic carbocycles. The molecule has 1 aliphatic rings.